The molecule has 0 spiro atoms. The maximum Gasteiger partial charge on any atom is 0.227 e. The first-order chi connectivity index (χ1) is 12.7. The summed E-state index contributed by atoms with van der Waals surface area (Å²) in [6, 6.07) is 2.50. The van der Waals surface area contributed by atoms with Crippen molar-refractivity contribution in [2.45, 2.75) is 50.5 Å². The second kappa shape index (κ2) is 6.23. The number of imidazole rings is 1. The molecule has 2 saturated carbocycles. The minimum absolute atomic E-state index is 0.420. The minimum atomic E-state index is 0.420. The maximum atomic E-state index is 4.75. The standard InChI is InChI=1S/C19H27N7/c1-20-11-19-8-14(9-19)26(12-19)18-21-7-6-16(25-18)24-17-22-10-15(23-17)13-4-2-3-5-13/h6-7,10,13-14,20H,2-5,8-9,11-12H2,1H3,(H2,21,22,23,24,25). The first kappa shape index (κ1) is 16.1. The molecule has 0 unspecified atom stereocenters. The smallest absolute Gasteiger partial charge is 0.227 e. The van der Waals surface area contributed by atoms with Crippen molar-refractivity contribution in [2.75, 3.05) is 30.4 Å². The minimum Gasteiger partial charge on any atom is -0.337 e. The first-order valence-electron chi connectivity index (χ1n) is 9.81. The van der Waals surface area contributed by atoms with Gasteiger partial charge in [-0.25, -0.2) is 9.97 Å². The summed E-state index contributed by atoms with van der Waals surface area (Å²) in [6.45, 7) is 2.13. The summed E-state index contributed by atoms with van der Waals surface area (Å²) in [5.41, 5.74) is 1.66. The molecule has 2 aromatic heterocycles. The highest BCUT2D eigenvalue weighted by Gasteiger charge is 2.55. The largest absolute Gasteiger partial charge is 0.337 e. The van der Waals surface area contributed by atoms with E-state index in [0.29, 0.717) is 17.4 Å². The van der Waals surface area contributed by atoms with E-state index in [0.717, 1.165) is 30.8 Å². The molecular formula is C19H27N7. The summed E-state index contributed by atoms with van der Waals surface area (Å²) in [7, 11) is 2.04. The molecule has 2 bridgehead atoms. The van der Waals surface area contributed by atoms with Gasteiger partial charge in [-0.3, -0.25) is 0 Å². The van der Waals surface area contributed by atoms with Crippen LogP contribution in [0.4, 0.5) is 17.7 Å². The third-order valence-corrected chi connectivity index (χ3v) is 6.37. The van der Waals surface area contributed by atoms with E-state index in [9.17, 15) is 0 Å². The zero-order chi connectivity index (χ0) is 17.6. The van der Waals surface area contributed by atoms with Crippen molar-refractivity contribution in [1.82, 2.24) is 25.3 Å². The second-order valence-corrected chi connectivity index (χ2v) is 8.26. The Kier molecular flexibility index (Phi) is 3.85. The van der Waals surface area contributed by atoms with Gasteiger partial charge in [-0.2, -0.15) is 4.98 Å². The molecule has 0 aromatic carbocycles. The van der Waals surface area contributed by atoms with Gasteiger partial charge in [0.05, 0.1) is 6.20 Å². The summed E-state index contributed by atoms with van der Waals surface area (Å²) >= 11 is 0. The van der Waals surface area contributed by atoms with Crippen molar-refractivity contribution >= 4 is 17.7 Å². The Balaban J connectivity index is 1.29. The molecule has 0 radical (unpaired) electrons. The molecule has 0 atom stereocenters. The lowest BCUT2D eigenvalue weighted by molar-refractivity contribution is 0.196. The third kappa shape index (κ3) is 2.74. The van der Waals surface area contributed by atoms with Gasteiger partial charge in [0.25, 0.3) is 0 Å². The molecule has 0 amide bonds. The van der Waals surface area contributed by atoms with Gasteiger partial charge in [0.1, 0.15) is 5.82 Å². The van der Waals surface area contributed by atoms with Crippen LogP contribution < -0.4 is 15.5 Å². The summed E-state index contributed by atoms with van der Waals surface area (Å²) in [5, 5.41) is 6.66. The fraction of sp³-hybridized carbons (Fsp3) is 0.632. The monoisotopic (exact) mass is 353 g/mol. The molecule has 2 aliphatic carbocycles. The molecule has 138 valence electrons. The normalized spacial score (nSPS) is 27.7. The molecule has 7 heteroatoms. The van der Waals surface area contributed by atoms with Crippen molar-refractivity contribution in [1.29, 1.82) is 0 Å². The molecule has 3 N–H and O–H groups in total. The van der Waals surface area contributed by atoms with E-state index in [1.165, 1.54) is 44.2 Å². The first-order valence-corrected chi connectivity index (χ1v) is 9.81. The van der Waals surface area contributed by atoms with Crippen molar-refractivity contribution in [3.8, 4) is 0 Å². The van der Waals surface area contributed by atoms with Gasteiger partial charge >= 0.3 is 0 Å². The van der Waals surface area contributed by atoms with Crippen molar-refractivity contribution in [3.05, 3.63) is 24.2 Å². The lowest BCUT2D eigenvalue weighted by Crippen LogP contribution is -2.41. The topological polar surface area (TPSA) is 81.8 Å². The molecular weight excluding hydrogens is 326 g/mol. The van der Waals surface area contributed by atoms with E-state index in [4.69, 9.17) is 4.98 Å². The Morgan fingerprint density at radius 2 is 2.12 bits per heavy atom. The number of rotatable bonds is 6. The van der Waals surface area contributed by atoms with Gasteiger partial charge in [-0.05, 0) is 38.8 Å². The summed E-state index contributed by atoms with van der Waals surface area (Å²) in [5.74, 6) is 3.04. The van der Waals surface area contributed by atoms with E-state index < -0.39 is 0 Å². The van der Waals surface area contributed by atoms with Crippen LogP contribution in [-0.4, -0.2) is 46.1 Å². The van der Waals surface area contributed by atoms with Gasteiger partial charge in [0.2, 0.25) is 11.9 Å². The predicted molar refractivity (Wildman–Crippen MR) is 102 cm³/mol. The number of aromatic amines is 1. The van der Waals surface area contributed by atoms with Gasteiger partial charge < -0.3 is 20.5 Å². The van der Waals surface area contributed by atoms with Crippen LogP contribution in [0, 0.1) is 5.41 Å². The second-order valence-electron chi connectivity index (χ2n) is 8.26. The van der Waals surface area contributed by atoms with Gasteiger partial charge in [0.15, 0.2) is 0 Å². The summed E-state index contributed by atoms with van der Waals surface area (Å²) in [6.07, 6.45) is 11.5. The molecule has 4 fully saturated rings. The van der Waals surface area contributed by atoms with Crippen LogP contribution in [0.15, 0.2) is 18.5 Å². The van der Waals surface area contributed by atoms with Crippen LogP contribution in [0.25, 0.3) is 0 Å². The quantitative estimate of drug-likeness (QED) is 0.741. The average molecular weight is 353 g/mol. The van der Waals surface area contributed by atoms with Crippen molar-refractivity contribution < 1.29 is 0 Å². The molecule has 4 aliphatic rings. The summed E-state index contributed by atoms with van der Waals surface area (Å²) in [4.78, 5) is 19.6. The predicted octanol–water partition coefficient (Wildman–Crippen LogP) is 2.79. The fourth-order valence-electron chi connectivity index (χ4n) is 5.11. The molecule has 6 rings (SSSR count). The Hall–Kier alpha value is -2.15. The number of fused-ring (bicyclic) bond motifs is 1. The lowest BCUT2D eigenvalue weighted by atomic mass is 9.70. The third-order valence-electron chi connectivity index (χ3n) is 6.37. The molecule has 2 saturated heterocycles. The number of aromatic nitrogens is 4. The van der Waals surface area contributed by atoms with Crippen LogP contribution in [0.3, 0.4) is 0 Å². The Morgan fingerprint density at radius 1 is 1.27 bits per heavy atom. The van der Waals surface area contributed by atoms with E-state index in [1.807, 2.05) is 25.5 Å². The molecule has 2 aromatic rings. The van der Waals surface area contributed by atoms with E-state index in [1.54, 1.807) is 0 Å². The van der Waals surface area contributed by atoms with Crippen LogP contribution in [-0.2, 0) is 0 Å². The van der Waals surface area contributed by atoms with Gasteiger partial charge in [0, 0.05) is 42.4 Å². The Labute approximate surface area is 154 Å². The zero-order valence-corrected chi connectivity index (χ0v) is 15.3. The van der Waals surface area contributed by atoms with E-state index in [-0.39, 0.29) is 0 Å². The van der Waals surface area contributed by atoms with E-state index in [2.05, 4.69) is 30.5 Å². The highest BCUT2D eigenvalue weighted by Crippen LogP contribution is 2.52. The van der Waals surface area contributed by atoms with Crippen molar-refractivity contribution in [2.24, 2.45) is 5.41 Å². The Bertz CT molecular complexity index is 774. The van der Waals surface area contributed by atoms with Gasteiger partial charge in [-0.15, -0.1) is 0 Å². The Morgan fingerprint density at radius 3 is 2.92 bits per heavy atom. The average Bonchev–Trinajstić information content (AvgIpc) is 3.38. The number of nitrogens with zero attached hydrogens (tertiary/aromatic N) is 4. The molecule has 4 heterocycles. The number of anilines is 3. The number of hydrogen-bond donors (Lipinski definition) is 3. The zero-order valence-electron chi connectivity index (χ0n) is 15.3. The van der Waals surface area contributed by atoms with Crippen LogP contribution in [0.2, 0.25) is 0 Å². The number of nitrogens with one attached hydrogen (secondary N) is 3. The van der Waals surface area contributed by atoms with Crippen LogP contribution in [0.5, 0.6) is 0 Å². The molecule has 26 heavy (non-hydrogen) atoms. The molecule has 2 aliphatic heterocycles. The number of hydrogen-bond acceptors (Lipinski definition) is 6. The van der Waals surface area contributed by atoms with Crippen molar-refractivity contribution in [3.63, 3.8) is 0 Å². The van der Waals surface area contributed by atoms with Gasteiger partial charge in [-0.1, -0.05) is 12.8 Å². The highest BCUT2D eigenvalue weighted by molar-refractivity contribution is 5.51. The number of H-pyrrole nitrogens is 1. The highest BCUT2D eigenvalue weighted by atomic mass is 15.3. The lowest BCUT2D eigenvalue weighted by Gasteiger charge is -2.36. The summed E-state index contributed by atoms with van der Waals surface area (Å²) < 4.78 is 0. The van der Waals surface area contributed by atoms with Crippen LogP contribution >= 0.6 is 0 Å². The fourth-order valence-corrected chi connectivity index (χ4v) is 5.11. The van der Waals surface area contributed by atoms with E-state index >= 15 is 0 Å². The van der Waals surface area contributed by atoms with Crippen LogP contribution in [0.1, 0.15) is 50.1 Å². The maximum absolute atomic E-state index is 4.75. The SMILES string of the molecule is CNCC12CC(C1)N(c1nccc(Nc3ncc(C4CCCC4)[nH]3)n1)C2. The molecule has 7 nitrogen and oxygen atoms in total.